The van der Waals surface area contributed by atoms with Crippen molar-refractivity contribution in [2.75, 3.05) is 11.9 Å². The maximum atomic E-state index is 10.8. The molecular formula is C16H15N3O2. The molecule has 0 aliphatic rings. The van der Waals surface area contributed by atoms with E-state index in [1.807, 2.05) is 43.1 Å². The first kappa shape index (κ1) is 14.5. The highest BCUT2D eigenvalue weighted by atomic mass is 16.6. The number of benzene rings is 2. The first-order valence-electron chi connectivity index (χ1n) is 6.46. The van der Waals surface area contributed by atoms with Crippen molar-refractivity contribution in [2.45, 2.75) is 13.5 Å². The summed E-state index contributed by atoms with van der Waals surface area (Å²) < 4.78 is 0. The van der Waals surface area contributed by atoms with Gasteiger partial charge in [0.2, 0.25) is 0 Å². The highest BCUT2D eigenvalue weighted by Crippen LogP contribution is 2.25. The minimum Gasteiger partial charge on any atom is -0.369 e. The van der Waals surface area contributed by atoms with Gasteiger partial charge >= 0.3 is 0 Å². The Kier molecular flexibility index (Phi) is 4.19. The normalized spacial score (nSPS) is 9.95. The second-order valence-corrected chi connectivity index (χ2v) is 4.92. The summed E-state index contributed by atoms with van der Waals surface area (Å²) in [6, 6.07) is 14.5. The zero-order chi connectivity index (χ0) is 15.4. The minimum absolute atomic E-state index is 0.0701. The lowest BCUT2D eigenvalue weighted by Gasteiger charge is -2.20. The van der Waals surface area contributed by atoms with Crippen LogP contribution in [0, 0.1) is 28.4 Å². The molecule has 21 heavy (non-hydrogen) atoms. The Morgan fingerprint density at radius 1 is 1.29 bits per heavy atom. The number of nitro benzene ring substituents is 1. The van der Waals surface area contributed by atoms with Crippen LogP contribution in [0.3, 0.4) is 0 Å². The molecule has 0 fully saturated rings. The van der Waals surface area contributed by atoms with Crippen molar-refractivity contribution in [2.24, 2.45) is 0 Å². The summed E-state index contributed by atoms with van der Waals surface area (Å²) in [5.74, 6) is 0. The molecule has 0 amide bonds. The lowest BCUT2D eigenvalue weighted by atomic mass is 10.1. The molecule has 0 aliphatic carbocycles. The van der Waals surface area contributed by atoms with E-state index < -0.39 is 4.92 Å². The lowest BCUT2D eigenvalue weighted by molar-refractivity contribution is -0.384. The second kappa shape index (κ2) is 6.06. The monoisotopic (exact) mass is 281 g/mol. The molecule has 0 aliphatic heterocycles. The van der Waals surface area contributed by atoms with Crippen molar-refractivity contribution in [3.05, 3.63) is 69.3 Å². The minimum atomic E-state index is -0.495. The number of hydrogen-bond donors (Lipinski definition) is 0. The third-order valence-corrected chi connectivity index (χ3v) is 3.22. The van der Waals surface area contributed by atoms with Gasteiger partial charge < -0.3 is 4.90 Å². The molecule has 106 valence electrons. The van der Waals surface area contributed by atoms with Crippen LogP contribution in [-0.2, 0) is 6.54 Å². The van der Waals surface area contributed by atoms with Gasteiger partial charge in [0, 0.05) is 25.7 Å². The van der Waals surface area contributed by atoms with Crippen molar-refractivity contribution in [3.8, 4) is 6.07 Å². The fourth-order valence-electron chi connectivity index (χ4n) is 2.23. The molecule has 0 atom stereocenters. The summed E-state index contributed by atoms with van der Waals surface area (Å²) in [6.07, 6.45) is 0. The van der Waals surface area contributed by atoms with E-state index >= 15 is 0 Å². The number of nitriles is 1. The molecule has 0 radical (unpaired) electrons. The van der Waals surface area contributed by atoms with Crippen LogP contribution < -0.4 is 4.90 Å². The summed E-state index contributed by atoms with van der Waals surface area (Å²) in [5.41, 5.74) is 3.22. The second-order valence-electron chi connectivity index (χ2n) is 4.92. The first-order valence-corrected chi connectivity index (χ1v) is 6.46. The molecule has 0 unspecified atom stereocenters. The van der Waals surface area contributed by atoms with E-state index in [9.17, 15) is 15.4 Å². The molecule has 0 heterocycles. The van der Waals surface area contributed by atoms with Crippen LogP contribution >= 0.6 is 0 Å². The van der Waals surface area contributed by atoms with Gasteiger partial charge in [-0.2, -0.15) is 5.26 Å². The van der Waals surface area contributed by atoms with E-state index in [1.165, 1.54) is 17.7 Å². The fraction of sp³-hybridized carbons (Fsp3) is 0.188. The molecule has 2 aromatic rings. The van der Waals surface area contributed by atoms with Crippen LogP contribution in [0.25, 0.3) is 0 Å². The Morgan fingerprint density at radius 2 is 2.05 bits per heavy atom. The van der Waals surface area contributed by atoms with Crippen LogP contribution in [0.1, 0.15) is 16.7 Å². The summed E-state index contributed by atoms with van der Waals surface area (Å²) >= 11 is 0. The Balaban J connectivity index is 2.29. The number of aryl methyl sites for hydroxylation is 1. The highest BCUT2D eigenvalue weighted by Gasteiger charge is 2.13. The molecular weight excluding hydrogens is 266 g/mol. The summed E-state index contributed by atoms with van der Waals surface area (Å²) in [5, 5.41) is 19.9. The number of nitro groups is 1. The molecule has 0 N–H and O–H groups in total. The first-order chi connectivity index (χ1) is 10.0. The highest BCUT2D eigenvalue weighted by molar-refractivity contribution is 5.62. The number of hydrogen-bond acceptors (Lipinski definition) is 4. The van der Waals surface area contributed by atoms with Crippen molar-refractivity contribution in [1.29, 1.82) is 5.26 Å². The summed E-state index contributed by atoms with van der Waals surface area (Å²) in [4.78, 5) is 12.2. The SMILES string of the molecule is Cc1cccc(CN(C)c2ccc([N+](=O)[O-])cc2C#N)c1. The summed E-state index contributed by atoms with van der Waals surface area (Å²) in [7, 11) is 1.87. The predicted molar refractivity (Wildman–Crippen MR) is 81.1 cm³/mol. The van der Waals surface area contributed by atoms with Crippen LogP contribution in [0.5, 0.6) is 0 Å². The van der Waals surface area contributed by atoms with Crippen molar-refractivity contribution in [1.82, 2.24) is 0 Å². The average Bonchev–Trinajstić information content (AvgIpc) is 2.46. The zero-order valence-electron chi connectivity index (χ0n) is 11.9. The number of rotatable bonds is 4. The van der Waals surface area contributed by atoms with Gasteiger partial charge in [0.1, 0.15) is 6.07 Å². The van der Waals surface area contributed by atoms with E-state index in [-0.39, 0.29) is 5.69 Å². The maximum Gasteiger partial charge on any atom is 0.270 e. The number of non-ortho nitro benzene ring substituents is 1. The van der Waals surface area contributed by atoms with Crippen molar-refractivity contribution < 1.29 is 4.92 Å². The Bertz CT molecular complexity index is 720. The standard InChI is InChI=1S/C16H15N3O2/c1-12-4-3-5-13(8-12)11-18(2)16-7-6-15(19(20)21)9-14(16)10-17/h3-9H,11H2,1-2H3. The maximum absolute atomic E-state index is 10.8. The Labute approximate surface area is 123 Å². The van der Waals surface area contributed by atoms with Crippen molar-refractivity contribution >= 4 is 11.4 Å². The Morgan fingerprint density at radius 3 is 2.67 bits per heavy atom. The molecule has 0 spiro atoms. The number of nitrogens with zero attached hydrogens (tertiary/aromatic N) is 3. The van der Waals surface area contributed by atoms with E-state index in [4.69, 9.17) is 0 Å². The molecule has 2 rings (SSSR count). The van der Waals surface area contributed by atoms with Crippen LogP contribution in [0.4, 0.5) is 11.4 Å². The van der Waals surface area contributed by atoms with E-state index in [0.29, 0.717) is 17.8 Å². The van der Waals surface area contributed by atoms with Gasteiger partial charge in [-0.25, -0.2) is 0 Å². The lowest BCUT2D eigenvalue weighted by Crippen LogP contribution is -2.17. The van der Waals surface area contributed by atoms with Gasteiger partial charge in [0.05, 0.1) is 16.2 Å². The van der Waals surface area contributed by atoms with Gasteiger partial charge in [-0.15, -0.1) is 0 Å². The Hall–Kier alpha value is -2.87. The molecule has 5 heteroatoms. The van der Waals surface area contributed by atoms with Gasteiger partial charge in [0.15, 0.2) is 0 Å². The molecule has 2 aromatic carbocycles. The molecule has 0 bridgehead atoms. The zero-order valence-corrected chi connectivity index (χ0v) is 11.9. The van der Waals surface area contributed by atoms with Crippen molar-refractivity contribution in [3.63, 3.8) is 0 Å². The number of anilines is 1. The van der Waals surface area contributed by atoms with Crippen LogP contribution in [0.15, 0.2) is 42.5 Å². The van der Waals surface area contributed by atoms with E-state index in [0.717, 1.165) is 5.56 Å². The predicted octanol–water partition coefficient (Wildman–Crippen LogP) is 3.41. The molecule has 0 aromatic heterocycles. The third kappa shape index (κ3) is 3.37. The van der Waals surface area contributed by atoms with Gasteiger partial charge in [-0.1, -0.05) is 29.8 Å². The average molecular weight is 281 g/mol. The van der Waals surface area contributed by atoms with Crippen LogP contribution in [0.2, 0.25) is 0 Å². The largest absolute Gasteiger partial charge is 0.369 e. The molecule has 5 nitrogen and oxygen atoms in total. The summed E-state index contributed by atoms with van der Waals surface area (Å²) in [6.45, 7) is 2.66. The third-order valence-electron chi connectivity index (χ3n) is 3.22. The van der Waals surface area contributed by atoms with Gasteiger partial charge in [0.25, 0.3) is 5.69 Å². The van der Waals surface area contributed by atoms with E-state index in [2.05, 4.69) is 6.07 Å². The fourth-order valence-corrected chi connectivity index (χ4v) is 2.23. The molecule has 0 saturated heterocycles. The van der Waals surface area contributed by atoms with E-state index in [1.54, 1.807) is 6.07 Å². The quantitative estimate of drug-likeness (QED) is 0.636. The van der Waals surface area contributed by atoms with Gasteiger partial charge in [-0.3, -0.25) is 10.1 Å². The topological polar surface area (TPSA) is 70.2 Å². The van der Waals surface area contributed by atoms with Gasteiger partial charge in [-0.05, 0) is 18.6 Å². The molecule has 0 saturated carbocycles. The van der Waals surface area contributed by atoms with Crippen LogP contribution in [-0.4, -0.2) is 12.0 Å². The smallest absolute Gasteiger partial charge is 0.270 e.